The van der Waals surface area contributed by atoms with E-state index < -0.39 is 11.4 Å². The van der Waals surface area contributed by atoms with Gasteiger partial charge in [0.2, 0.25) is 0 Å². The third kappa shape index (κ3) is 4.25. The molecule has 0 fully saturated rings. The standard InChI is InChI=1S/C15H20N2O3/c1-15(2,10-16)12-7-11(14(18)19)8-13(9-12)20-6-5-17(3)4/h7-9H,5-6H2,1-4H3,(H,18,19). The molecular weight excluding hydrogens is 256 g/mol. The monoisotopic (exact) mass is 276 g/mol. The predicted molar refractivity (Wildman–Crippen MR) is 76.1 cm³/mol. The third-order valence-electron chi connectivity index (χ3n) is 2.96. The van der Waals surface area contributed by atoms with Gasteiger partial charge in [0.15, 0.2) is 0 Å². The molecule has 1 aromatic rings. The minimum absolute atomic E-state index is 0.130. The van der Waals surface area contributed by atoms with Gasteiger partial charge in [0, 0.05) is 6.54 Å². The first kappa shape index (κ1) is 16.0. The summed E-state index contributed by atoms with van der Waals surface area (Å²) in [5.41, 5.74) is 0.0101. The highest BCUT2D eigenvalue weighted by molar-refractivity contribution is 5.88. The van der Waals surface area contributed by atoms with Gasteiger partial charge >= 0.3 is 5.97 Å². The van der Waals surface area contributed by atoms with Gasteiger partial charge in [-0.25, -0.2) is 4.79 Å². The highest BCUT2D eigenvalue weighted by Crippen LogP contribution is 2.27. The van der Waals surface area contributed by atoms with Crippen molar-refractivity contribution in [3.05, 3.63) is 29.3 Å². The lowest BCUT2D eigenvalue weighted by atomic mass is 9.85. The number of nitrogens with zero attached hydrogens (tertiary/aromatic N) is 2. The highest BCUT2D eigenvalue weighted by atomic mass is 16.5. The molecule has 0 unspecified atom stereocenters. The maximum Gasteiger partial charge on any atom is 0.335 e. The first-order valence-electron chi connectivity index (χ1n) is 6.34. The van der Waals surface area contributed by atoms with Crippen molar-refractivity contribution < 1.29 is 14.6 Å². The van der Waals surface area contributed by atoms with Crippen LogP contribution in [0.2, 0.25) is 0 Å². The van der Waals surface area contributed by atoms with Crippen LogP contribution in [0.5, 0.6) is 5.75 Å². The molecule has 1 rings (SSSR count). The Bertz CT molecular complexity index is 530. The second-order valence-electron chi connectivity index (χ2n) is 5.44. The SMILES string of the molecule is CN(C)CCOc1cc(C(=O)O)cc(C(C)(C)C#N)c1. The van der Waals surface area contributed by atoms with Crippen molar-refractivity contribution in [1.82, 2.24) is 4.90 Å². The van der Waals surface area contributed by atoms with Gasteiger partial charge in [-0.2, -0.15) is 5.26 Å². The van der Waals surface area contributed by atoms with E-state index in [9.17, 15) is 10.1 Å². The highest BCUT2D eigenvalue weighted by Gasteiger charge is 2.22. The van der Waals surface area contributed by atoms with Gasteiger partial charge < -0.3 is 14.7 Å². The van der Waals surface area contributed by atoms with Crippen LogP contribution in [0.4, 0.5) is 0 Å². The third-order valence-corrected chi connectivity index (χ3v) is 2.96. The zero-order valence-electron chi connectivity index (χ0n) is 12.3. The number of ether oxygens (including phenoxy) is 1. The first-order valence-corrected chi connectivity index (χ1v) is 6.34. The van der Waals surface area contributed by atoms with Gasteiger partial charge in [0.25, 0.3) is 0 Å². The number of carboxylic acid groups (broad SMARTS) is 1. The Kier molecular flexibility index (Phi) is 5.12. The Hall–Kier alpha value is -2.06. The molecule has 0 bridgehead atoms. The number of hydrogen-bond donors (Lipinski definition) is 1. The molecule has 5 nitrogen and oxygen atoms in total. The second kappa shape index (κ2) is 6.40. The summed E-state index contributed by atoms with van der Waals surface area (Å²) in [4.78, 5) is 13.1. The van der Waals surface area contributed by atoms with E-state index in [0.717, 1.165) is 6.54 Å². The van der Waals surface area contributed by atoms with Crippen LogP contribution in [-0.4, -0.2) is 43.2 Å². The fraction of sp³-hybridized carbons (Fsp3) is 0.467. The molecule has 108 valence electrons. The van der Waals surface area contributed by atoms with Crippen molar-refractivity contribution in [2.45, 2.75) is 19.3 Å². The molecule has 5 heteroatoms. The van der Waals surface area contributed by atoms with Gasteiger partial charge in [0.1, 0.15) is 12.4 Å². The van der Waals surface area contributed by atoms with Crippen LogP contribution >= 0.6 is 0 Å². The average molecular weight is 276 g/mol. The molecule has 0 spiro atoms. The molecular formula is C15H20N2O3. The molecule has 0 atom stereocenters. The van der Waals surface area contributed by atoms with E-state index in [1.807, 2.05) is 19.0 Å². The zero-order chi connectivity index (χ0) is 15.3. The summed E-state index contributed by atoms with van der Waals surface area (Å²) in [6.07, 6.45) is 0. The molecule has 0 saturated carbocycles. The second-order valence-corrected chi connectivity index (χ2v) is 5.44. The van der Waals surface area contributed by atoms with Crippen molar-refractivity contribution >= 4 is 5.97 Å². The van der Waals surface area contributed by atoms with E-state index in [2.05, 4.69) is 6.07 Å². The lowest BCUT2D eigenvalue weighted by Gasteiger charge is -2.18. The molecule has 0 radical (unpaired) electrons. The summed E-state index contributed by atoms with van der Waals surface area (Å²) in [5, 5.41) is 18.3. The van der Waals surface area contributed by atoms with Crippen molar-refractivity contribution in [1.29, 1.82) is 5.26 Å². The Labute approximate surface area is 119 Å². The topological polar surface area (TPSA) is 73.6 Å². The summed E-state index contributed by atoms with van der Waals surface area (Å²) in [6.45, 7) is 4.69. The number of aromatic carboxylic acids is 1. The lowest BCUT2D eigenvalue weighted by Crippen LogP contribution is -2.20. The van der Waals surface area contributed by atoms with Gasteiger partial charge in [0.05, 0.1) is 17.0 Å². The van der Waals surface area contributed by atoms with E-state index >= 15 is 0 Å². The van der Waals surface area contributed by atoms with Crippen LogP contribution in [0.3, 0.4) is 0 Å². The number of likely N-dealkylation sites (N-methyl/N-ethyl adjacent to an activating group) is 1. The summed E-state index contributed by atoms with van der Waals surface area (Å²) >= 11 is 0. The smallest absolute Gasteiger partial charge is 0.335 e. The molecule has 0 saturated heterocycles. The van der Waals surface area contributed by atoms with Crippen LogP contribution in [0.1, 0.15) is 29.8 Å². The van der Waals surface area contributed by atoms with Gasteiger partial charge in [-0.05, 0) is 51.7 Å². The van der Waals surface area contributed by atoms with Crippen molar-refractivity contribution in [3.8, 4) is 11.8 Å². The van der Waals surface area contributed by atoms with Crippen molar-refractivity contribution in [2.75, 3.05) is 27.2 Å². The number of hydrogen-bond acceptors (Lipinski definition) is 4. The molecule has 0 heterocycles. The van der Waals surface area contributed by atoms with E-state index in [0.29, 0.717) is 17.9 Å². The van der Waals surface area contributed by atoms with Crippen LogP contribution in [0.15, 0.2) is 18.2 Å². The summed E-state index contributed by atoms with van der Waals surface area (Å²) in [6, 6.07) is 6.90. The zero-order valence-corrected chi connectivity index (χ0v) is 12.3. The van der Waals surface area contributed by atoms with Crippen LogP contribution < -0.4 is 4.74 Å². The van der Waals surface area contributed by atoms with Crippen LogP contribution in [0.25, 0.3) is 0 Å². The van der Waals surface area contributed by atoms with Crippen molar-refractivity contribution in [2.24, 2.45) is 0 Å². The number of rotatable bonds is 6. The molecule has 0 aliphatic carbocycles. The van der Waals surface area contributed by atoms with E-state index in [4.69, 9.17) is 9.84 Å². The number of benzene rings is 1. The molecule has 0 aromatic heterocycles. The maximum absolute atomic E-state index is 11.2. The average Bonchev–Trinajstić information content (AvgIpc) is 2.37. The molecule has 1 aromatic carbocycles. The molecule has 1 N–H and O–H groups in total. The quantitative estimate of drug-likeness (QED) is 0.861. The number of carboxylic acids is 1. The minimum atomic E-state index is -1.03. The molecule has 20 heavy (non-hydrogen) atoms. The Balaban J connectivity index is 3.06. The fourth-order valence-electron chi connectivity index (χ4n) is 1.58. The Morgan fingerprint density at radius 3 is 2.55 bits per heavy atom. The van der Waals surface area contributed by atoms with Crippen molar-refractivity contribution in [3.63, 3.8) is 0 Å². The van der Waals surface area contributed by atoms with Crippen LogP contribution in [-0.2, 0) is 5.41 Å². The van der Waals surface area contributed by atoms with Gasteiger partial charge in [-0.1, -0.05) is 0 Å². The van der Waals surface area contributed by atoms with E-state index in [-0.39, 0.29) is 5.56 Å². The van der Waals surface area contributed by atoms with Gasteiger partial charge in [-0.15, -0.1) is 0 Å². The summed E-state index contributed by atoms with van der Waals surface area (Å²) in [7, 11) is 3.86. The Morgan fingerprint density at radius 2 is 2.05 bits per heavy atom. The fourth-order valence-corrected chi connectivity index (χ4v) is 1.58. The maximum atomic E-state index is 11.2. The normalized spacial score (nSPS) is 11.2. The Morgan fingerprint density at radius 1 is 1.40 bits per heavy atom. The predicted octanol–water partition coefficient (Wildman–Crippen LogP) is 2.13. The largest absolute Gasteiger partial charge is 0.492 e. The first-order chi connectivity index (χ1) is 9.26. The summed E-state index contributed by atoms with van der Waals surface area (Å²) in [5.74, 6) is -0.553. The lowest BCUT2D eigenvalue weighted by molar-refractivity contribution is 0.0696. The minimum Gasteiger partial charge on any atom is -0.492 e. The van der Waals surface area contributed by atoms with E-state index in [1.54, 1.807) is 19.9 Å². The molecule has 0 aliphatic heterocycles. The van der Waals surface area contributed by atoms with Crippen LogP contribution in [0, 0.1) is 11.3 Å². The summed E-state index contributed by atoms with van der Waals surface area (Å²) < 4.78 is 5.57. The van der Waals surface area contributed by atoms with Gasteiger partial charge in [-0.3, -0.25) is 0 Å². The number of carbonyl (C=O) groups is 1. The molecule has 0 amide bonds. The number of nitriles is 1. The molecule has 0 aliphatic rings. The van der Waals surface area contributed by atoms with E-state index in [1.165, 1.54) is 12.1 Å².